The van der Waals surface area contributed by atoms with Crippen molar-refractivity contribution in [3.05, 3.63) is 0 Å². The van der Waals surface area contributed by atoms with Crippen molar-refractivity contribution in [3.8, 4) is 0 Å². The highest BCUT2D eigenvalue weighted by Crippen LogP contribution is 2.65. The number of halogens is 2. The predicted octanol–water partition coefficient (Wildman–Crippen LogP) is 1.66. The van der Waals surface area contributed by atoms with Crippen LogP contribution >= 0.6 is 0 Å². The second kappa shape index (κ2) is 3.14. The number of alkyl halides is 2. The van der Waals surface area contributed by atoms with Gasteiger partial charge < -0.3 is 10.1 Å². The molecule has 0 bridgehead atoms. The first kappa shape index (κ1) is 10.3. The summed E-state index contributed by atoms with van der Waals surface area (Å²) in [4.78, 5) is 0. The summed E-state index contributed by atoms with van der Waals surface area (Å²) in [6.45, 7) is 5.15. The van der Waals surface area contributed by atoms with Crippen molar-refractivity contribution in [2.45, 2.75) is 32.3 Å². The summed E-state index contributed by atoms with van der Waals surface area (Å²) < 4.78 is 31.8. The molecule has 1 saturated carbocycles. The van der Waals surface area contributed by atoms with Crippen molar-refractivity contribution in [2.24, 2.45) is 11.3 Å². The van der Waals surface area contributed by atoms with Gasteiger partial charge in [0.2, 0.25) is 0 Å². The maximum absolute atomic E-state index is 13.2. The maximum atomic E-state index is 13.2. The Hall–Kier alpha value is -0.220. The van der Waals surface area contributed by atoms with Gasteiger partial charge in [0.05, 0.1) is 18.6 Å². The number of ether oxygens (including phenoxy) is 1. The first-order valence-corrected chi connectivity index (χ1v) is 5.16. The molecule has 0 radical (unpaired) electrons. The van der Waals surface area contributed by atoms with E-state index in [1.165, 1.54) is 0 Å². The lowest BCUT2D eigenvalue weighted by atomic mass is 10.1. The monoisotopic (exact) mass is 205 g/mol. The molecule has 1 heterocycles. The van der Waals surface area contributed by atoms with E-state index >= 15 is 0 Å². The van der Waals surface area contributed by atoms with Crippen LogP contribution in [-0.4, -0.2) is 31.7 Å². The van der Waals surface area contributed by atoms with E-state index < -0.39 is 17.3 Å². The van der Waals surface area contributed by atoms with Gasteiger partial charge in [-0.1, -0.05) is 13.8 Å². The highest BCUT2D eigenvalue weighted by atomic mass is 19.3. The zero-order valence-corrected chi connectivity index (χ0v) is 8.65. The normalized spacial score (nSPS) is 38.6. The number of rotatable bonds is 3. The molecule has 2 atom stereocenters. The minimum Gasteiger partial charge on any atom is -0.376 e. The molecular weight excluding hydrogens is 188 g/mol. The van der Waals surface area contributed by atoms with Crippen molar-refractivity contribution < 1.29 is 13.5 Å². The average molecular weight is 205 g/mol. The minimum atomic E-state index is -2.53. The van der Waals surface area contributed by atoms with Crippen LogP contribution in [0.15, 0.2) is 0 Å². The van der Waals surface area contributed by atoms with Gasteiger partial charge in [-0.2, -0.15) is 0 Å². The summed E-state index contributed by atoms with van der Waals surface area (Å²) in [7, 11) is 0. The van der Waals surface area contributed by atoms with Gasteiger partial charge in [-0.05, 0) is 13.0 Å². The molecule has 0 amide bonds. The molecule has 1 N–H and O–H groups in total. The molecule has 0 aromatic carbocycles. The average Bonchev–Trinajstić information content (AvgIpc) is 2.54. The Balaban J connectivity index is 1.77. The Morgan fingerprint density at radius 3 is 2.50 bits per heavy atom. The molecule has 2 unspecified atom stereocenters. The van der Waals surface area contributed by atoms with E-state index in [1.54, 1.807) is 13.8 Å². The summed E-state index contributed by atoms with van der Waals surface area (Å²) in [5, 5.41) is 3.15. The summed E-state index contributed by atoms with van der Waals surface area (Å²) >= 11 is 0. The molecular formula is C10H17F2NO. The van der Waals surface area contributed by atoms with Gasteiger partial charge in [-0.3, -0.25) is 0 Å². The van der Waals surface area contributed by atoms with Crippen LogP contribution in [0, 0.1) is 11.3 Å². The van der Waals surface area contributed by atoms with E-state index in [9.17, 15) is 8.78 Å². The second-order valence-corrected chi connectivity index (χ2v) is 4.85. The van der Waals surface area contributed by atoms with Gasteiger partial charge in [-0.15, -0.1) is 0 Å². The first-order chi connectivity index (χ1) is 6.46. The lowest BCUT2D eigenvalue weighted by Crippen LogP contribution is -2.19. The molecule has 2 aliphatic rings. The molecule has 0 spiro atoms. The molecule has 0 aromatic rings. The molecule has 1 aliphatic heterocycles. The topological polar surface area (TPSA) is 21.3 Å². The highest BCUT2D eigenvalue weighted by Gasteiger charge is 2.74. The van der Waals surface area contributed by atoms with Crippen molar-refractivity contribution in [1.29, 1.82) is 0 Å². The predicted molar refractivity (Wildman–Crippen MR) is 49.4 cm³/mol. The molecule has 2 fully saturated rings. The molecule has 82 valence electrons. The van der Waals surface area contributed by atoms with E-state index in [-0.39, 0.29) is 12.7 Å². The van der Waals surface area contributed by atoms with Gasteiger partial charge in [0.15, 0.2) is 0 Å². The Morgan fingerprint density at radius 1 is 1.43 bits per heavy atom. The second-order valence-electron chi connectivity index (χ2n) is 4.85. The number of hydrogen-bond acceptors (Lipinski definition) is 2. The third-order valence-electron chi connectivity index (χ3n) is 3.60. The first-order valence-electron chi connectivity index (χ1n) is 5.16. The highest BCUT2D eigenvalue weighted by molar-refractivity contribution is 5.12. The van der Waals surface area contributed by atoms with Gasteiger partial charge in [0.25, 0.3) is 5.92 Å². The SMILES string of the molecule is CC1(C)C(COC2CCNC2)C1(F)F. The summed E-state index contributed by atoms with van der Waals surface area (Å²) in [5.74, 6) is -3.12. The summed E-state index contributed by atoms with van der Waals surface area (Å²) in [6, 6.07) is 0. The van der Waals surface area contributed by atoms with Crippen LogP contribution in [-0.2, 0) is 4.74 Å². The van der Waals surface area contributed by atoms with E-state index in [0.29, 0.717) is 0 Å². The fraction of sp³-hybridized carbons (Fsp3) is 1.00. The molecule has 1 saturated heterocycles. The van der Waals surface area contributed by atoms with Gasteiger partial charge >= 0.3 is 0 Å². The molecule has 2 rings (SSSR count). The van der Waals surface area contributed by atoms with E-state index in [0.717, 1.165) is 19.5 Å². The third-order valence-corrected chi connectivity index (χ3v) is 3.60. The van der Waals surface area contributed by atoms with Crippen molar-refractivity contribution in [2.75, 3.05) is 19.7 Å². The number of nitrogens with one attached hydrogen (secondary N) is 1. The standard InChI is InChI=1S/C10H17F2NO/c1-9(2)8(10(9,11)12)6-14-7-3-4-13-5-7/h7-8,13H,3-6H2,1-2H3. The number of hydrogen-bond donors (Lipinski definition) is 1. The molecule has 1 aliphatic carbocycles. The van der Waals surface area contributed by atoms with Crippen molar-refractivity contribution in [1.82, 2.24) is 5.32 Å². The van der Waals surface area contributed by atoms with Crippen LogP contribution in [0.1, 0.15) is 20.3 Å². The van der Waals surface area contributed by atoms with Crippen LogP contribution in [0.2, 0.25) is 0 Å². The van der Waals surface area contributed by atoms with Crippen LogP contribution < -0.4 is 5.32 Å². The van der Waals surface area contributed by atoms with Gasteiger partial charge in [0, 0.05) is 12.0 Å². The van der Waals surface area contributed by atoms with Crippen molar-refractivity contribution >= 4 is 0 Å². The smallest absolute Gasteiger partial charge is 0.259 e. The van der Waals surface area contributed by atoms with Crippen LogP contribution in [0.3, 0.4) is 0 Å². The van der Waals surface area contributed by atoms with Gasteiger partial charge in [-0.25, -0.2) is 8.78 Å². The van der Waals surface area contributed by atoms with Crippen molar-refractivity contribution in [3.63, 3.8) is 0 Å². The Bertz CT molecular complexity index is 210. The fourth-order valence-corrected chi connectivity index (χ4v) is 2.07. The zero-order chi connectivity index (χ0) is 10.4. The molecule has 2 nitrogen and oxygen atoms in total. The largest absolute Gasteiger partial charge is 0.376 e. The third kappa shape index (κ3) is 1.44. The molecule has 4 heteroatoms. The zero-order valence-electron chi connectivity index (χ0n) is 8.65. The molecule has 0 aromatic heterocycles. The molecule has 14 heavy (non-hydrogen) atoms. The van der Waals surface area contributed by atoms with E-state index in [1.807, 2.05) is 0 Å². The fourth-order valence-electron chi connectivity index (χ4n) is 2.07. The van der Waals surface area contributed by atoms with Gasteiger partial charge in [0.1, 0.15) is 0 Å². The van der Waals surface area contributed by atoms with Crippen LogP contribution in [0.5, 0.6) is 0 Å². The van der Waals surface area contributed by atoms with E-state index in [4.69, 9.17) is 4.74 Å². The van der Waals surface area contributed by atoms with E-state index in [2.05, 4.69) is 5.32 Å². The lowest BCUT2D eigenvalue weighted by molar-refractivity contribution is 0.0215. The Kier molecular flexibility index (Phi) is 2.31. The van der Waals surface area contributed by atoms with Crippen LogP contribution in [0.25, 0.3) is 0 Å². The van der Waals surface area contributed by atoms with Crippen LogP contribution in [0.4, 0.5) is 8.78 Å². The quantitative estimate of drug-likeness (QED) is 0.756. The summed E-state index contributed by atoms with van der Waals surface area (Å²) in [6.07, 6.45) is 1.08. The minimum absolute atomic E-state index is 0.141. The Morgan fingerprint density at radius 2 is 2.07 bits per heavy atom. The lowest BCUT2D eigenvalue weighted by Gasteiger charge is -2.09. The Labute approximate surface area is 83.0 Å². The maximum Gasteiger partial charge on any atom is 0.259 e. The summed E-state index contributed by atoms with van der Waals surface area (Å²) in [5.41, 5.74) is -0.862.